The van der Waals surface area contributed by atoms with Crippen LogP contribution in [-0.2, 0) is 0 Å². The molecule has 0 bridgehead atoms. The standard InChI is InChI=1S/C20H30N2/c1-17(15-18-7-3-2-4-8-18)16-21-13-12-20-11-6-14-22(20)19-9-5-10-19/h2-4,7-8,15,19-21H,5-6,9-14,16H2,1H3/b17-15+. The van der Waals surface area contributed by atoms with Crippen LogP contribution >= 0.6 is 0 Å². The van der Waals surface area contributed by atoms with Gasteiger partial charge in [-0.05, 0) is 57.7 Å². The quantitative estimate of drug-likeness (QED) is 0.763. The average molecular weight is 298 g/mol. The summed E-state index contributed by atoms with van der Waals surface area (Å²) in [4.78, 5) is 2.80. The fourth-order valence-electron chi connectivity index (χ4n) is 3.81. The Kier molecular flexibility index (Phi) is 5.69. The van der Waals surface area contributed by atoms with E-state index in [4.69, 9.17) is 0 Å². The number of benzene rings is 1. The molecule has 1 aromatic rings. The van der Waals surface area contributed by atoms with Gasteiger partial charge in [-0.15, -0.1) is 0 Å². The summed E-state index contributed by atoms with van der Waals surface area (Å²) < 4.78 is 0. The van der Waals surface area contributed by atoms with E-state index in [-0.39, 0.29) is 0 Å². The van der Waals surface area contributed by atoms with Gasteiger partial charge >= 0.3 is 0 Å². The molecule has 1 saturated carbocycles. The second-order valence-electron chi connectivity index (χ2n) is 6.99. The summed E-state index contributed by atoms with van der Waals surface area (Å²) in [6.07, 6.45) is 10.8. The summed E-state index contributed by atoms with van der Waals surface area (Å²) in [5.74, 6) is 0. The Morgan fingerprint density at radius 2 is 2.00 bits per heavy atom. The minimum absolute atomic E-state index is 0.844. The van der Waals surface area contributed by atoms with Crippen molar-refractivity contribution in [2.24, 2.45) is 0 Å². The number of likely N-dealkylation sites (tertiary alicyclic amines) is 1. The molecule has 1 N–H and O–H groups in total. The number of nitrogens with zero attached hydrogens (tertiary/aromatic N) is 1. The molecule has 1 aliphatic carbocycles. The molecule has 0 spiro atoms. The maximum Gasteiger partial charge on any atom is 0.0165 e. The third-order valence-electron chi connectivity index (χ3n) is 5.24. The van der Waals surface area contributed by atoms with Gasteiger partial charge in [0, 0.05) is 18.6 Å². The van der Waals surface area contributed by atoms with Gasteiger partial charge in [0.1, 0.15) is 0 Å². The average Bonchev–Trinajstić information content (AvgIpc) is 2.91. The number of rotatable bonds is 7. The summed E-state index contributed by atoms with van der Waals surface area (Å²) in [6.45, 7) is 5.72. The fourth-order valence-corrected chi connectivity index (χ4v) is 3.81. The highest BCUT2D eigenvalue weighted by Gasteiger charge is 2.33. The van der Waals surface area contributed by atoms with E-state index in [1.54, 1.807) is 0 Å². The second kappa shape index (κ2) is 7.94. The minimum Gasteiger partial charge on any atom is -0.313 e. The predicted molar refractivity (Wildman–Crippen MR) is 94.9 cm³/mol. The fraction of sp³-hybridized carbons (Fsp3) is 0.600. The van der Waals surface area contributed by atoms with Crippen LogP contribution < -0.4 is 5.32 Å². The SMILES string of the molecule is C/C(=C\c1ccccc1)CNCCC1CCCN1C1CCC1. The maximum atomic E-state index is 3.63. The van der Waals surface area contributed by atoms with E-state index in [1.807, 2.05) is 0 Å². The number of hydrogen-bond acceptors (Lipinski definition) is 2. The van der Waals surface area contributed by atoms with Gasteiger partial charge < -0.3 is 5.32 Å². The van der Waals surface area contributed by atoms with Crippen LogP contribution in [0, 0.1) is 0 Å². The number of hydrogen-bond donors (Lipinski definition) is 1. The molecule has 1 saturated heterocycles. The summed E-state index contributed by atoms with van der Waals surface area (Å²) in [5.41, 5.74) is 2.71. The first kappa shape index (κ1) is 15.8. The van der Waals surface area contributed by atoms with Crippen molar-refractivity contribution in [1.29, 1.82) is 0 Å². The van der Waals surface area contributed by atoms with Crippen LogP contribution in [-0.4, -0.2) is 36.6 Å². The van der Waals surface area contributed by atoms with Crippen LogP contribution in [0.1, 0.15) is 51.0 Å². The molecule has 22 heavy (non-hydrogen) atoms. The van der Waals surface area contributed by atoms with E-state index < -0.39 is 0 Å². The molecule has 2 fully saturated rings. The Labute approximate surface area is 135 Å². The molecular formula is C20H30N2. The molecular weight excluding hydrogens is 268 g/mol. The van der Waals surface area contributed by atoms with Gasteiger partial charge in [0.25, 0.3) is 0 Å². The van der Waals surface area contributed by atoms with Crippen molar-refractivity contribution in [3.63, 3.8) is 0 Å². The number of nitrogens with one attached hydrogen (secondary N) is 1. The van der Waals surface area contributed by atoms with Crippen LogP contribution in [0.15, 0.2) is 35.9 Å². The molecule has 2 nitrogen and oxygen atoms in total. The summed E-state index contributed by atoms with van der Waals surface area (Å²) in [6, 6.07) is 12.4. The zero-order chi connectivity index (χ0) is 15.2. The second-order valence-corrected chi connectivity index (χ2v) is 6.99. The van der Waals surface area contributed by atoms with Crippen molar-refractivity contribution in [3.8, 4) is 0 Å². The van der Waals surface area contributed by atoms with Crippen LogP contribution in [0.3, 0.4) is 0 Å². The molecule has 0 amide bonds. The lowest BCUT2D eigenvalue weighted by Crippen LogP contribution is -2.44. The highest BCUT2D eigenvalue weighted by Crippen LogP contribution is 2.32. The monoisotopic (exact) mass is 298 g/mol. The first-order chi connectivity index (χ1) is 10.8. The Hall–Kier alpha value is -1.12. The molecule has 120 valence electrons. The molecule has 0 radical (unpaired) electrons. The molecule has 3 rings (SSSR count). The highest BCUT2D eigenvalue weighted by atomic mass is 15.2. The van der Waals surface area contributed by atoms with Gasteiger partial charge in [-0.1, -0.05) is 48.4 Å². The Morgan fingerprint density at radius 1 is 1.18 bits per heavy atom. The van der Waals surface area contributed by atoms with Crippen LogP contribution in [0.4, 0.5) is 0 Å². The van der Waals surface area contributed by atoms with E-state index in [9.17, 15) is 0 Å². The predicted octanol–water partition coefficient (Wildman–Crippen LogP) is 4.09. The molecule has 2 heteroatoms. The van der Waals surface area contributed by atoms with E-state index >= 15 is 0 Å². The lowest BCUT2D eigenvalue weighted by Gasteiger charge is -2.38. The Bertz CT molecular complexity index is 476. The van der Waals surface area contributed by atoms with Gasteiger partial charge in [-0.2, -0.15) is 0 Å². The first-order valence-corrected chi connectivity index (χ1v) is 9.01. The third-order valence-corrected chi connectivity index (χ3v) is 5.24. The van der Waals surface area contributed by atoms with Crippen molar-refractivity contribution in [1.82, 2.24) is 10.2 Å². The first-order valence-electron chi connectivity index (χ1n) is 9.01. The van der Waals surface area contributed by atoms with Crippen molar-refractivity contribution in [3.05, 3.63) is 41.5 Å². The van der Waals surface area contributed by atoms with E-state index in [2.05, 4.69) is 53.5 Å². The lowest BCUT2D eigenvalue weighted by molar-refractivity contribution is 0.110. The summed E-state index contributed by atoms with van der Waals surface area (Å²) in [5, 5.41) is 3.63. The molecule has 1 atom stereocenters. The zero-order valence-corrected chi connectivity index (χ0v) is 13.9. The smallest absolute Gasteiger partial charge is 0.0165 e. The van der Waals surface area contributed by atoms with E-state index in [0.29, 0.717) is 0 Å². The highest BCUT2D eigenvalue weighted by molar-refractivity contribution is 5.52. The van der Waals surface area contributed by atoms with Crippen molar-refractivity contribution in [2.45, 2.75) is 57.5 Å². The molecule has 2 aliphatic rings. The van der Waals surface area contributed by atoms with Crippen molar-refractivity contribution < 1.29 is 0 Å². The van der Waals surface area contributed by atoms with Gasteiger partial charge in [-0.3, -0.25) is 4.90 Å². The van der Waals surface area contributed by atoms with Gasteiger partial charge in [0.05, 0.1) is 0 Å². The van der Waals surface area contributed by atoms with Gasteiger partial charge in [0.15, 0.2) is 0 Å². The van der Waals surface area contributed by atoms with E-state index in [1.165, 1.54) is 56.2 Å². The lowest BCUT2D eigenvalue weighted by atomic mass is 9.90. The maximum absolute atomic E-state index is 3.63. The summed E-state index contributed by atoms with van der Waals surface area (Å²) >= 11 is 0. The Balaban J connectivity index is 1.37. The van der Waals surface area contributed by atoms with Crippen LogP contribution in [0.5, 0.6) is 0 Å². The van der Waals surface area contributed by atoms with Crippen molar-refractivity contribution >= 4 is 6.08 Å². The minimum atomic E-state index is 0.844. The Morgan fingerprint density at radius 3 is 2.73 bits per heavy atom. The zero-order valence-electron chi connectivity index (χ0n) is 13.9. The van der Waals surface area contributed by atoms with Crippen molar-refractivity contribution in [2.75, 3.05) is 19.6 Å². The van der Waals surface area contributed by atoms with Crippen LogP contribution in [0.2, 0.25) is 0 Å². The van der Waals surface area contributed by atoms with Gasteiger partial charge in [-0.25, -0.2) is 0 Å². The molecule has 1 heterocycles. The van der Waals surface area contributed by atoms with E-state index in [0.717, 1.165) is 25.2 Å². The molecule has 1 unspecified atom stereocenters. The molecule has 1 aliphatic heterocycles. The molecule has 1 aromatic carbocycles. The largest absolute Gasteiger partial charge is 0.313 e. The normalized spacial score (nSPS) is 23.7. The molecule has 0 aromatic heterocycles. The van der Waals surface area contributed by atoms with Crippen LogP contribution in [0.25, 0.3) is 6.08 Å². The topological polar surface area (TPSA) is 15.3 Å². The van der Waals surface area contributed by atoms with Gasteiger partial charge in [0.2, 0.25) is 0 Å². The third kappa shape index (κ3) is 4.21. The summed E-state index contributed by atoms with van der Waals surface area (Å²) in [7, 11) is 0.